The fourth-order valence-electron chi connectivity index (χ4n) is 0.313. The highest BCUT2D eigenvalue weighted by molar-refractivity contribution is 6.25. The molecule has 0 atom stereocenters. The van der Waals surface area contributed by atoms with Crippen LogP contribution in [-0.2, 0) is 0 Å². The summed E-state index contributed by atoms with van der Waals surface area (Å²) in [4.78, 5) is 3.78. The lowest BCUT2D eigenvalue weighted by Crippen LogP contribution is -1.58. The van der Waals surface area contributed by atoms with Crippen LogP contribution in [0.4, 0.5) is 0 Å². The molecule has 0 aliphatic rings. The van der Waals surface area contributed by atoms with Crippen LogP contribution in [0.15, 0.2) is 42.7 Å². The topological polar surface area (TPSA) is 12.9 Å². The van der Waals surface area contributed by atoms with Gasteiger partial charge in [-0.15, -0.1) is 0 Å². The van der Waals surface area contributed by atoms with E-state index in [9.17, 15) is 0 Å². The molecule has 0 radical (unpaired) electrons. The van der Waals surface area contributed by atoms with Gasteiger partial charge in [-0.1, -0.05) is 24.2 Å². The van der Waals surface area contributed by atoms with E-state index in [1.54, 1.807) is 12.4 Å². The number of hydrogen-bond donors (Lipinski definition) is 0. The van der Waals surface area contributed by atoms with Crippen molar-refractivity contribution >= 4 is 11.6 Å². The van der Waals surface area contributed by atoms with Crippen LogP contribution in [0.3, 0.4) is 0 Å². The molecule has 0 fully saturated rings. The van der Waals surface area contributed by atoms with Gasteiger partial charge in [0.2, 0.25) is 0 Å². The first-order chi connectivity index (χ1) is 4.41. The van der Waals surface area contributed by atoms with E-state index in [-0.39, 0.29) is 0 Å². The number of nitrogens with zero attached hydrogens (tertiary/aromatic N) is 1. The number of rotatable bonds is 0. The van der Waals surface area contributed by atoms with Crippen molar-refractivity contribution in [2.24, 2.45) is 0 Å². The Bertz CT molecular complexity index is 112. The summed E-state index contributed by atoms with van der Waals surface area (Å²) in [5.41, 5.74) is 1.22. The average molecular weight is 142 g/mol. The molecule has 0 aliphatic carbocycles. The van der Waals surface area contributed by atoms with Gasteiger partial charge in [-0.25, -0.2) is 0 Å². The highest BCUT2D eigenvalue weighted by Crippen LogP contribution is 1.73. The molecule has 0 aromatic carbocycles. The van der Waals surface area contributed by atoms with Gasteiger partial charge >= 0.3 is 0 Å². The molecule has 1 aromatic heterocycles. The zero-order valence-corrected chi connectivity index (χ0v) is 5.75. The van der Waals surface area contributed by atoms with E-state index in [0.29, 0.717) is 0 Å². The standard InChI is InChI=1S/C5H5N.C2H3Cl/c1-2-4-6-5-3-1;1-2-3/h1-5H;2H,1H2. The lowest BCUT2D eigenvalue weighted by Gasteiger charge is -1.70. The summed E-state index contributed by atoms with van der Waals surface area (Å²) < 4.78 is 0. The molecular weight excluding hydrogens is 134 g/mol. The van der Waals surface area contributed by atoms with Gasteiger partial charge in [-0.2, -0.15) is 0 Å². The zero-order chi connectivity index (χ0) is 6.95. The monoisotopic (exact) mass is 141 g/mol. The van der Waals surface area contributed by atoms with E-state index in [2.05, 4.69) is 11.6 Å². The van der Waals surface area contributed by atoms with Gasteiger partial charge in [-0.3, -0.25) is 4.98 Å². The van der Waals surface area contributed by atoms with Gasteiger partial charge in [0, 0.05) is 12.4 Å². The normalized spacial score (nSPS) is 6.78. The number of pyridine rings is 1. The van der Waals surface area contributed by atoms with Crippen LogP contribution in [0.5, 0.6) is 0 Å². The van der Waals surface area contributed by atoms with Crippen molar-refractivity contribution in [2.45, 2.75) is 0 Å². The van der Waals surface area contributed by atoms with Crippen molar-refractivity contribution < 1.29 is 0 Å². The van der Waals surface area contributed by atoms with Crippen LogP contribution in [0.1, 0.15) is 0 Å². The Labute approximate surface area is 60.0 Å². The zero-order valence-electron chi connectivity index (χ0n) is 5.00. The molecule has 0 aliphatic heterocycles. The van der Waals surface area contributed by atoms with Crippen LogP contribution < -0.4 is 0 Å². The van der Waals surface area contributed by atoms with Gasteiger partial charge in [0.05, 0.1) is 0 Å². The summed E-state index contributed by atoms with van der Waals surface area (Å²) in [7, 11) is 0. The lowest BCUT2D eigenvalue weighted by molar-refractivity contribution is 1.33. The fraction of sp³-hybridized carbons (Fsp3) is 0. The maximum Gasteiger partial charge on any atom is 0.0267 e. The molecule has 0 N–H and O–H groups in total. The van der Waals surface area contributed by atoms with Crippen LogP contribution in [0, 0.1) is 0 Å². The molecule has 0 spiro atoms. The molecule has 0 unspecified atom stereocenters. The van der Waals surface area contributed by atoms with E-state index in [1.807, 2.05) is 18.2 Å². The Hall–Kier alpha value is -0.820. The average Bonchev–Trinajstić information content (AvgIpc) is 1.93. The Balaban J connectivity index is 0.000000187. The summed E-state index contributed by atoms with van der Waals surface area (Å²) in [5, 5.41) is 0. The molecule has 1 nitrogen and oxygen atoms in total. The maximum atomic E-state index is 4.76. The first-order valence-electron chi connectivity index (χ1n) is 2.48. The minimum Gasteiger partial charge on any atom is -0.265 e. The molecule has 0 saturated carbocycles. The van der Waals surface area contributed by atoms with Crippen LogP contribution in [-0.4, -0.2) is 4.98 Å². The molecule has 0 amide bonds. The second-order valence-electron chi connectivity index (χ2n) is 1.18. The highest BCUT2D eigenvalue weighted by Gasteiger charge is 1.58. The second-order valence-corrected chi connectivity index (χ2v) is 1.49. The Morgan fingerprint density at radius 3 is 1.78 bits per heavy atom. The molecule has 1 heterocycles. The van der Waals surface area contributed by atoms with E-state index < -0.39 is 0 Å². The molecule has 2 heteroatoms. The number of halogens is 1. The first-order valence-corrected chi connectivity index (χ1v) is 2.91. The van der Waals surface area contributed by atoms with Gasteiger partial charge in [0.1, 0.15) is 0 Å². The second kappa shape index (κ2) is 7.18. The molecular formula is C7H8ClN. The largest absolute Gasteiger partial charge is 0.265 e. The van der Waals surface area contributed by atoms with Gasteiger partial charge in [0.25, 0.3) is 0 Å². The summed E-state index contributed by atoms with van der Waals surface area (Å²) in [6.45, 7) is 3.13. The van der Waals surface area contributed by atoms with Gasteiger partial charge < -0.3 is 0 Å². The lowest BCUT2D eigenvalue weighted by atomic mass is 10.5. The van der Waals surface area contributed by atoms with Crippen molar-refractivity contribution in [1.29, 1.82) is 0 Å². The van der Waals surface area contributed by atoms with Crippen molar-refractivity contribution in [3.8, 4) is 0 Å². The van der Waals surface area contributed by atoms with E-state index >= 15 is 0 Å². The molecule has 0 bridgehead atoms. The Morgan fingerprint density at radius 2 is 1.67 bits per heavy atom. The molecule has 48 valence electrons. The molecule has 1 rings (SSSR count). The van der Waals surface area contributed by atoms with Crippen molar-refractivity contribution in [3.05, 3.63) is 42.7 Å². The van der Waals surface area contributed by atoms with Gasteiger partial charge in [0.15, 0.2) is 0 Å². The number of aromatic nitrogens is 1. The van der Waals surface area contributed by atoms with Crippen LogP contribution >= 0.6 is 11.6 Å². The Kier molecular flexibility index (Phi) is 6.53. The smallest absolute Gasteiger partial charge is 0.0267 e. The Morgan fingerprint density at radius 1 is 1.22 bits per heavy atom. The maximum absolute atomic E-state index is 4.76. The van der Waals surface area contributed by atoms with Crippen molar-refractivity contribution in [2.75, 3.05) is 0 Å². The van der Waals surface area contributed by atoms with E-state index in [0.717, 1.165) is 0 Å². The summed E-state index contributed by atoms with van der Waals surface area (Å²) in [6, 6.07) is 5.72. The third kappa shape index (κ3) is 7.18. The third-order valence-electron chi connectivity index (χ3n) is 0.566. The van der Waals surface area contributed by atoms with E-state index in [1.165, 1.54) is 5.54 Å². The predicted octanol–water partition coefficient (Wildman–Crippen LogP) is 2.45. The van der Waals surface area contributed by atoms with Gasteiger partial charge in [-0.05, 0) is 17.7 Å². The third-order valence-corrected chi connectivity index (χ3v) is 0.566. The molecule has 9 heavy (non-hydrogen) atoms. The van der Waals surface area contributed by atoms with Crippen LogP contribution in [0.25, 0.3) is 0 Å². The molecule has 1 aromatic rings. The molecule has 0 saturated heterocycles. The van der Waals surface area contributed by atoms with Crippen molar-refractivity contribution in [3.63, 3.8) is 0 Å². The number of hydrogen-bond acceptors (Lipinski definition) is 1. The minimum atomic E-state index is 1.22. The van der Waals surface area contributed by atoms with Crippen molar-refractivity contribution in [1.82, 2.24) is 4.98 Å². The fourth-order valence-corrected chi connectivity index (χ4v) is 0.313. The summed E-state index contributed by atoms with van der Waals surface area (Å²) in [6.07, 6.45) is 3.50. The summed E-state index contributed by atoms with van der Waals surface area (Å²) in [5.74, 6) is 0. The predicted molar refractivity (Wildman–Crippen MR) is 40.3 cm³/mol. The SMILES string of the molecule is C=CCl.c1ccncc1. The highest BCUT2D eigenvalue weighted by atomic mass is 35.5. The van der Waals surface area contributed by atoms with Crippen LogP contribution in [0.2, 0.25) is 0 Å². The minimum absolute atomic E-state index is 1.22. The first kappa shape index (κ1) is 8.18. The quantitative estimate of drug-likeness (QED) is 0.541. The summed E-state index contributed by atoms with van der Waals surface area (Å²) >= 11 is 4.76. The van der Waals surface area contributed by atoms with E-state index in [4.69, 9.17) is 11.6 Å².